The third kappa shape index (κ3) is 8.85. The van der Waals surface area contributed by atoms with E-state index in [4.69, 9.17) is 5.73 Å². The van der Waals surface area contributed by atoms with Crippen LogP contribution in [0.3, 0.4) is 0 Å². The minimum Gasteiger partial charge on any atom is -0.480 e. The second-order valence-electron chi connectivity index (χ2n) is 9.36. The number of nitrogens with two attached hydrogens (primary N) is 1. The minimum atomic E-state index is -1.15. The molecule has 1 aliphatic rings. The second kappa shape index (κ2) is 14.1. The SMILES string of the molecule is CSCCC(NC(=O)C1CCCN1C(=O)C(N)CC(C)C)C(=O)NC(Cc1ccccc1)C(=O)O. The first-order valence-electron chi connectivity index (χ1n) is 12.1. The molecule has 0 aliphatic carbocycles. The lowest BCUT2D eigenvalue weighted by atomic mass is 10.0. The molecule has 1 heterocycles. The summed E-state index contributed by atoms with van der Waals surface area (Å²) in [7, 11) is 0. The molecule has 1 saturated heterocycles. The lowest BCUT2D eigenvalue weighted by molar-refractivity contribution is -0.143. The summed E-state index contributed by atoms with van der Waals surface area (Å²) < 4.78 is 0. The number of carbonyl (C=O) groups excluding carboxylic acids is 3. The van der Waals surface area contributed by atoms with Gasteiger partial charge in [-0.15, -0.1) is 0 Å². The number of nitrogens with one attached hydrogen (secondary N) is 2. The van der Waals surface area contributed by atoms with E-state index in [-0.39, 0.29) is 18.2 Å². The Bertz CT molecular complexity index is 867. The highest BCUT2D eigenvalue weighted by atomic mass is 32.2. The molecule has 5 N–H and O–H groups in total. The van der Waals surface area contributed by atoms with Gasteiger partial charge in [0, 0.05) is 13.0 Å². The predicted molar refractivity (Wildman–Crippen MR) is 137 cm³/mol. The molecular formula is C25H38N4O5S. The summed E-state index contributed by atoms with van der Waals surface area (Å²) in [5.41, 5.74) is 6.86. The average Bonchev–Trinajstić information content (AvgIpc) is 3.30. The van der Waals surface area contributed by atoms with Crippen LogP contribution in [0.4, 0.5) is 0 Å². The molecule has 2 rings (SSSR count). The fourth-order valence-corrected chi connectivity index (χ4v) is 4.69. The van der Waals surface area contributed by atoms with Crippen molar-refractivity contribution in [3.05, 3.63) is 35.9 Å². The molecular weight excluding hydrogens is 468 g/mol. The Morgan fingerprint density at radius 2 is 1.83 bits per heavy atom. The molecule has 0 spiro atoms. The summed E-state index contributed by atoms with van der Waals surface area (Å²) in [4.78, 5) is 52.4. The van der Waals surface area contributed by atoms with Crippen molar-refractivity contribution < 1.29 is 24.3 Å². The van der Waals surface area contributed by atoms with Crippen molar-refractivity contribution in [3.63, 3.8) is 0 Å². The summed E-state index contributed by atoms with van der Waals surface area (Å²) >= 11 is 1.52. The van der Waals surface area contributed by atoms with Gasteiger partial charge < -0.3 is 26.4 Å². The molecule has 0 radical (unpaired) electrons. The van der Waals surface area contributed by atoms with Crippen molar-refractivity contribution in [2.45, 2.75) is 70.1 Å². The molecule has 0 aromatic heterocycles. The van der Waals surface area contributed by atoms with Crippen LogP contribution in [0, 0.1) is 5.92 Å². The van der Waals surface area contributed by atoms with Gasteiger partial charge in [0.15, 0.2) is 0 Å². The third-order valence-electron chi connectivity index (χ3n) is 6.02. The molecule has 0 bridgehead atoms. The third-order valence-corrected chi connectivity index (χ3v) is 6.67. The van der Waals surface area contributed by atoms with Gasteiger partial charge in [0.25, 0.3) is 0 Å². The Kier molecular flexibility index (Phi) is 11.5. The van der Waals surface area contributed by atoms with Crippen molar-refractivity contribution in [1.29, 1.82) is 0 Å². The van der Waals surface area contributed by atoms with Crippen molar-refractivity contribution in [2.24, 2.45) is 11.7 Å². The van der Waals surface area contributed by atoms with Gasteiger partial charge in [-0.2, -0.15) is 11.8 Å². The van der Waals surface area contributed by atoms with Crippen LogP contribution >= 0.6 is 11.8 Å². The number of carbonyl (C=O) groups is 4. The van der Waals surface area contributed by atoms with E-state index in [2.05, 4.69) is 10.6 Å². The first kappa shape index (κ1) is 28.6. The number of benzene rings is 1. The zero-order valence-corrected chi connectivity index (χ0v) is 21.6. The number of carboxylic acids is 1. The highest BCUT2D eigenvalue weighted by Gasteiger charge is 2.38. The van der Waals surface area contributed by atoms with E-state index >= 15 is 0 Å². The van der Waals surface area contributed by atoms with Crippen molar-refractivity contribution in [2.75, 3.05) is 18.6 Å². The molecule has 4 unspecified atom stereocenters. The van der Waals surface area contributed by atoms with E-state index in [1.807, 2.05) is 26.2 Å². The Hall–Kier alpha value is -2.59. The highest BCUT2D eigenvalue weighted by molar-refractivity contribution is 7.98. The Labute approximate surface area is 211 Å². The number of thioether (sulfide) groups is 1. The van der Waals surface area contributed by atoms with E-state index in [1.54, 1.807) is 24.3 Å². The number of rotatable bonds is 13. The van der Waals surface area contributed by atoms with Gasteiger partial charge in [-0.3, -0.25) is 14.4 Å². The van der Waals surface area contributed by atoms with Crippen molar-refractivity contribution in [3.8, 4) is 0 Å². The van der Waals surface area contributed by atoms with Gasteiger partial charge in [-0.25, -0.2) is 4.79 Å². The number of amides is 3. The van der Waals surface area contributed by atoms with Crippen LogP contribution in [0.1, 0.15) is 45.1 Å². The van der Waals surface area contributed by atoms with Crippen LogP contribution < -0.4 is 16.4 Å². The number of hydrogen-bond donors (Lipinski definition) is 4. The maximum Gasteiger partial charge on any atom is 0.326 e. The standard InChI is InChI=1S/C25H38N4O5S/c1-16(2)14-18(26)24(32)29-12-7-10-21(29)23(31)27-19(11-13-35-3)22(30)28-20(25(33)34)15-17-8-5-4-6-9-17/h4-6,8-9,16,18-21H,7,10-15,26H2,1-3H3,(H,27,31)(H,28,30)(H,33,34). The fraction of sp³-hybridized carbons (Fsp3) is 0.600. The first-order chi connectivity index (χ1) is 16.6. The number of carboxylic acid groups (broad SMARTS) is 1. The van der Waals surface area contributed by atoms with Crippen LogP contribution in [-0.2, 0) is 25.6 Å². The molecule has 1 aromatic carbocycles. The van der Waals surface area contributed by atoms with E-state index in [9.17, 15) is 24.3 Å². The fourth-order valence-electron chi connectivity index (χ4n) is 4.22. The quantitative estimate of drug-likeness (QED) is 0.317. The largest absolute Gasteiger partial charge is 0.480 e. The van der Waals surface area contributed by atoms with Gasteiger partial charge in [0.05, 0.1) is 6.04 Å². The molecule has 35 heavy (non-hydrogen) atoms. The van der Waals surface area contributed by atoms with Gasteiger partial charge in [0.2, 0.25) is 17.7 Å². The van der Waals surface area contributed by atoms with Crippen LogP contribution in [0.15, 0.2) is 30.3 Å². The number of likely N-dealkylation sites (tertiary alicyclic amines) is 1. The summed E-state index contributed by atoms with van der Waals surface area (Å²) in [5.74, 6) is -1.52. The van der Waals surface area contributed by atoms with Crippen LogP contribution in [0.25, 0.3) is 0 Å². The zero-order chi connectivity index (χ0) is 26.0. The summed E-state index contributed by atoms with van der Waals surface area (Å²) in [6.45, 7) is 4.42. The summed E-state index contributed by atoms with van der Waals surface area (Å²) in [6, 6.07) is 5.64. The predicted octanol–water partition coefficient (Wildman–Crippen LogP) is 1.40. The number of hydrogen-bond acceptors (Lipinski definition) is 6. The molecule has 10 heteroatoms. The minimum absolute atomic E-state index is 0.129. The van der Waals surface area contributed by atoms with E-state index in [0.29, 0.717) is 38.0 Å². The molecule has 194 valence electrons. The van der Waals surface area contributed by atoms with Gasteiger partial charge >= 0.3 is 5.97 Å². The molecule has 4 atom stereocenters. The molecule has 3 amide bonds. The smallest absolute Gasteiger partial charge is 0.326 e. The normalized spacial score (nSPS) is 18.1. The van der Waals surface area contributed by atoms with Gasteiger partial charge in [-0.1, -0.05) is 44.2 Å². The van der Waals surface area contributed by atoms with Crippen LogP contribution in [0.2, 0.25) is 0 Å². The monoisotopic (exact) mass is 506 g/mol. The number of aliphatic carboxylic acids is 1. The van der Waals surface area contributed by atoms with Crippen LogP contribution in [-0.4, -0.2) is 76.4 Å². The molecule has 9 nitrogen and oxygen atoms in total. The topological polar surface area (TPSA) is 142 Å². The Morgan fingerprint density at radius 1 is 1.14 bits per heavy atom. The molecule has 1 fully saturated rings. The van der Waals surface area contributed by atoms with Crippen molar-refractivity contribution in [1.82, 2.24) is 15.5 Å². The molecule has 1 aromatic rings. The molecule has 0 saturated carbocycles. The molecule has 1 aliphatic heterocycles. The van der Waals surface area contributed by atoms with Crippen molar-refractivity contribution >= 4 is 35.5 Å². The lowest BCUT2D eigenvalue weighted by Crippen LogP contribution is -2.57. The number of nitrogens with zero attached hydrogens (tertiary/aromatic N) is 1. The van der Waals surface area contributed by atoms with E-state index in [0.717, 1.165) is 5.56 Å². The maximum atomic E-state index is 13.1. The van der Waals surface area contributed by atoms with E-state index < -0.39 is 42.0 Å². The summed E-state index contributed by atoms with van der Waals surface area (Å²) in [6.07, 6.45) is 4.06. The maximum absolute atomic E-state index is 13.1. The van der Waals surface area contributed by atoms with Gasteiger partial charge in [0.1, 0.15) is 18.1 Å². The Balaban J connectivity index is 2.08. The Morgan fingerprint density at radius 3 is 2.43 bits per heavy atom. The lowest BCUT2D eigenvalue weighted by Gasteiger charge is -2.29. The summed E-state index contributed by atoms with van der Waals surface area (Å²) in [5, 5.41) is 15.0. The van der Waals surface area contributed by atoms with Crippen LogP contribution in [0.5, 0.6) is 0 Å². The average molecular weight is 507 g/mol. The van der Waals surface area contributed by atoms with E-state index in [1.165, 1.54) is 16.7 Å². The van der Waals surface area contributed by atoms with Gasteiger partial charge in [-0.05, 0) is 49.2 Å². The second-order valence-corrected chi connectivity index (χ2v) is 10.3. The highest BCUT2D eigenvalue weighted by Crippen LogP contribution is 2.20. The zero-order valence-electron chi connectivity index (χ0n) is 20.7. The first-order valence-corrected chi connectivity index (χ1v) is 13.5.